The number of carbonyl (C=O) groups is 1. The fourth-order valence-electron chi connectivity index (χ4n) is 1.85. The van der Waals surface area contributed by atoms with Gasteiger partial charge in [-0.3, -0.25) is 14.9 Å². The molecule has 0 aliphatic heterocycles. The van der Waals surface area contributed by atoms with E-state index in [4.69, 9.17) is 0 Å². The van der Waals surface area contributed by atoms with Gasteiger partial charge in [0.25, 0.3) is 0 Å². The predicted molar refractivity (Wildman–Crippen MR) is 79.4 cm³/mol. The van der Waals surface area contributed by atoms with Crippen molar-refractivity contribution in [3.8, 4) is 0 Å². The fraction of sp³-hybridized carbons (Fsp3) is 0.583. The van der Waals surface area contributed by atoms with Gasteiger partial charge in [0.2, 0.25) is 17.7 Å². The van der Waals surface area contributed by atoms with Crippen LogP contribution in [0.15, 0.2) is 6.20 Å². The van der Waals surface area contributed by atoms with Gasteiger partial charge in [-0.05, 0) is 6.92 Å². The molecular formula is C12H20N6O3. The Morgan fingerprint density at radius 3 is 2.76 bits per heavy atom. The Morgan fingerprint density at radius 2 is 2.24 bits per heavy atom. The molecule has 1 amide bonds. The Labute approximate surface area is 122 Å². The SMILES string of the molecule is CCNc1ncc([N+](=O)[O-])c(N(C)CC(C)C(=O)NC)n1. The lowest BCUT2D eigenvalue weighted by molar-refractivity contribution is -0.384. The summed E-state index contributed by atoms with van der Waals surface area (Å²) in [7, 11) is 3.21. The number of hydrogen-bond donors (Lipinski definition) is 2. The third-order valence-corrected chi connectivity index (χ3v) is 2.88. The first-order valence-electron chi connectivity index (χ1n) is 6.58. The summed E-state index contributed by atoms with van der Waals surface area (Å²) in [6, 6.07) is 0. The molecule has 1 aromatic heterocycles. The normalized spacial score (nSPS) is 11.6. The number of anilines is 2. The molecule has 0 radical (unpaired) electrons. The summed E-state index contributed by atoms with van der Waals surface area (Å²) < 4.78 is 0. The highest BCUT2D eigenvalue weighted by molar-refractivity contribution is 5.78. The van der Waals surface area contributed by atoms with Crippen LogP contribution in [0.4, 0.5) is 17.5 Å². The average molecular weight is 296 g/mol. The first-order valence-corrected chi connectivity index (χ1v) is 6.58. The Bertz CT molecular complexity index is 522. The molecule has 0 saturated heterocycles. The molecule has 1 atom stereocenters. The van der Waals surface area contributed by atoms with Gasteiger partial charge in [0, 0.05) is 27.2 Å². The van der Waals surface area contributed by atoms with E-state index in [1.54, 1.807) is 25.9 Å². The summed E-state index contributed by atoms with van der Waals surface area (Å²) >= 11 is 0. The first-order chi connectivity index (χ1) is 9.90. The van der Waals surface area contributed by atoms with Gasteiger partial charge < -0.3 is 15.5 Å². The molecule has 0 fully saturated rings. The van der Waals surface area contributed by atoms with E-state index in [1.165, 1.54) is 6.20 Å². The monoisotopic (exact) mass is 296 g/mol. The molecule has 116 valence electrons. The molecule has 2 N–H and O–H groups in total. The maximum atomic E-state index is 11.6. The van der Waals surface area contributed by atoms with Crippen LogP contribution in [0, 0.1) is 16.0 Å². The highest BCUT2D eigenvalue weighted by Crippen LogP contribution is 2.25. The number of nitrogens with one attached hydrogen (secondary N) is 2. The van der Waals surface area contributed by atoms with Crippen LogP contribution in [0.2, 0.25) is 0 Å². The average Bonchev–Trinajstić information content (AvgIpc) is 2.46. The lowest BCUT2D eigenvalue weighted by Crippen LogP contribution is -2.35. The molecular weight excluding hydrogens is 276 g/mol. The van der Waals surface area contributed by atoms with Crippen molar-refractivity contribution < 1.29 is 9.72 Å². The van der Waals surface area contributed by atoms with E-state index in [0.29, 0.717) is 19.0 Å². The van der Waals surface area contributed by atoms with E-state index in [-0.39, 0.29) is 23.3 Å². The summed E-state index contributed by atoms with van der Waals surface area (Å²) in [5, 5.41) is 16.5. The molecule has 1 unspecified atom stereocenters. The molecule has 1 aromatic rings. The lowest BCUT2D eigenvalue weighted by Gasteiger charge is -2.21. The maximum Gasteiger partial charge on any atom is 0.329 e. The highest BCUT2D eigenvalue weighted by atomic mass is 16.6. The van der Waals surface area contributed by atoms with E-state index < -0.39 is 4.92 Å². The Kier molecular flexibility index (Phi) is 5.82. The third-order valence-electron chi connectivity index (χ3n) is 2.88. The van der Waals surface area contributed by atoms with Crippen LogP contribution in [0.25, 0.3) is 0 Å². The van der Waals surface area contributed by atoms with Crippen LogP contribution >= 0.6 is 0 Å². The minimum Gasteiger partial charge on any atom is -0.359 e. The zero-order valence-corrected chi connectivity index (χ0v) is 12.6. The highest BCUT2D eigenvalue weighted by Gasteiger charge is 2.23. The van der Waals surface area contributed by atoms with Crippen LogP contribution in [0.3, 0.4) is 0 Å². The number of rotatable bonds is 7. The second-order valence-electron chi connectivity index (χ2n) is 4.59. The molecule has 0 aliphatic carbocycles. The minimum atomic E-state index is -0.536. The van der Waals surface area contributed by atoms with E-state index in [1.807, 2.05) is 6.92 Å². The lowest BCUT2D eigenvalue weighted by atomic mass is 10.1. The number of aromatic nitrogens is 2. The van der Waals surface area contributed by atoms with Crippen molar-refractivity contribution >= 4 is 23.4 Å². The molecule has 9 nitrogen and oxygen atoms in total. The molecule has 1 rings (SSSR count). The van der Waals surface area contributed by atoms with Gasteiger partial charge in [-0.25, -0.2) is 4.98 Å². The van der Waals surface area contributed by atoms with Crippen molar-refractivity contribution in [3.63, 3.8) is 0 Å². The van der Waals surface area contributed by atoms with Crippen LogP contribution in [0.1, 0.15) is 13.8 Å². The summed E-state index contributed by atoms with van der Waals surface area (Å²) in [5.41, 5.74) is -0.191. The van der Waals surface area contributed by atoms with Gasteiger partial charge >= 0.3 is 5.69 Å². The smallest absolute Gasteiger partial charge is 0.329 e. The molecule has 21 heavy (non-hydrogen) atoms. The first kappa shape index (κ1) is 16.6. The van der Waals surface area contributed by atoms with Crippen molar-refractivity contribution in [3.05, 3.63) is 16.3 Å². The van der Waals surface area contributed by atoms with E-state index >= 15 is 0 Å². The van der Waals surface area contributed by atoms with Gasteiger partial charge in [-0.1, -0.05) is 6.92 Å². The zero-order valence-electron chi connectivity index (χ0n) is 12.6. The molecule has 0 aromatic carbocycles. The summed E-state index contributed by atoms with van der Waals surface area (Å²) in [5.74, 6) is 0.0434. The number of hydrogen-bond acceptors (Lipinski definition) is 7. The molecule has 1 heterocycles. The van der Waals surface area contributed by atoms with Crippen molar-refractivity contribution in [1.29, 1.82) is 0 Å². The fourth-order valence-corrected chi connectivity index (χ4v) is 1.85. The number of carbonyl (C=O) groups excluding carboxylic acids is 1. The van der Waals surface area contributed by atoms with Crippen molar-refractivity contribution in [2.24, 2.45) is 5.92 Å². The third kappa shape index (κ3) is 4.26. The van der Waals surface area contributed by atoms with Gasteiger partial charge in [-0.15, -0.1) is 0 Å². The predicted octanol–water partition coefficient (Wildman–Crippen LogP) is 0.635. The number of nitrogens with zero attached hydrogens (tertiary/aromatic N) is 4. The van der Waals surface area contributed by atoms with Crippen LogP contribution in [-0.2, 0) is 4.79 Å². The molecule has 0 saturated carbocycles. The standard InChI is InChI=1S/C12H20N6O3/c1-5-14-12-15-6-9(18(20)21)10(16-12)17(4)7-8(2)11(19)13-3/h6,8H,5,7H2,1-4H3,(H,13,19)(H,14,15,16). The second kappa shape index (κ2) is 7.36. The topological polar surface area (TPSA) is 113 Å². The van der Waals surface area contributed by atoms with Crippen molar-refractivity contribution in [2.45, 2.75) is 13.8 Å². The van der Waals surface area contributed by atoms with Gasteiger partial charge in [0.15, 0.2) is 0 Å². The van der Waals surface area contributed by atoms with E-state index in [9.17, 15) is 14.9 Å². The molecule has 0 spiro atoms. The summed E-state index contributed by atoms with van der Waals surface area (Å²) in [6.07, 6.45) is 1.17. The molecule has 0 aliphatic rings. The largest absolute Gasteiger partial charge is 0.359 e. The quantitative estimate of drug-likeness (QED) is 0.560. The van der Waals surface area contributed by atoms with E-state index in [0.717, 1.165) is 0 Å². The summed E-state index contributed by atoms with van der Waals surface area (Å²) in [4.78, 5) is 31.7. The van der Waals surface area contributed by atoms with Crippen molar-refractivity contribution in [1.82, 2.24) is 15.3 Å². The number of nitro groups is 1. The summed E-state index contributed by atoms with van der Waals surface area (Å²) in [6.45, 7) is 4.54. The number of amides is 1. The van der Waals surface area contributed by atoms with Gasteiger partial charge in [-0.2, -0.15) is 4.98 Å². The molecule has 0 bridgehead atoms. The maximum absolute atomic E-state index is 11.6. The van der Waals surface area contributed by atoms with Gasteiger partial charge in [0.1, 0.15) is 6.20 Å². The van der Waals surface area contributed by atoms with Crippen LogP contribution in [0.5, 0.6) is 0 Å². The Morgan fingerprint density at radius 1 is 1.57 bits per heavy atom. The van der Waals surface area contributed by atoms with E-state index in [2.05, 4.69) is 20.6 Å². The van der Waals surface area contributed by atoms with Gasteiger partial charge in [0.05, 0.1) is 10.8 Å². The molecule has 9 heteroatoms. The second-order valence-corrected chi connectivity index (χ2v) is 4.59. The van der Waals surface area contributed by atoms with Crippen LogP contribution in [-0.4, -0.2) is 48.0 Å². The van der Waals surface area contributed by atoms with Crippen LogP contribution < -0.4 is 15.5 Å². The Balaban J connectivity index is 3.04. The minimum absolute atomic E-state index is 0.134. The van der Waals surface area contributed by atoms with Crippen molar-refractivity contribution in [2.75, 3.05) is 37.4 Å². The Hall–Kier alpha value is -2.45. The zero-order chi connectivity index (χ0) is 16.0.